The molecule has 186 valence electrons. The Morgan fingerprint density at radius 2 is 1.94 bits per heavy atom. The lowest BCUT2D eigenvalue weighted by Gasteiger charge is -2.33. The fourth-order valence-corrected chi connectivity index (χ4v) is 5.58. The van der Waals surface area contributed by atoms with Gasteiger partial charge in [0.2, 0.25) is 5.91 Å². The van der Waals surface area contributed by atoms with Crippen LogP contribution in [0.25, 0.3) is 10.4 Å². The van der Waals surface area contributed by atoms with Gasteiger partial charge in [-0.1, -0.05) is 19.1 Å². The summed E-state index contributed by atoms with van der Waals surface area (Å²) in [6, 6.07) is 9.39. The Morgan fingerprint density at radius 1 is 1.23 bits per heavy atom. The van der Waals surface area contributed by atoms with Gasteiger partial charge in [-0.25, -0.2) is 9.87 Å². The largest absolute Gasteiger partial charge is 0.451 e. The molecule has 2 amide bonds. The van der Waals surface area contributed by atoms with Crippen LogP contribution in [0.5, 0.6) is 0 Å². The van der Waals surface area contributed by atoms with E-state index in [4.69, 9.17) is 4.42 Å². The van der Waals surface area contributed by atoms with Crippen LogP contribution in [0.2, 0.25) is 0 Å². The van der Waals surface area contributed by atoms with Crippen molar-refractivity contribution in [2.24, 2.45) is 11.8 Å². The Balaban J connectivity index is 1.57. The second kappa shape index (κ2) is 11.2. The Hall–Kier alpha value is -3.01. The minimum absolute atomic E-state index is 0.00401. The molecule has 0 radical (unpaired) electrons. The Labute approximate surface area is 208 Å². The molecule has 1 fully saturated rings. The lowest BCUT2D eigenvalue weighted by molar-refractivity contribution is -0.252. The van der Waals surface area contributed by atoms with E-state index in [0.29, 0.717) is 11.6 Å². The third-order valence-corrected chi connectivity index (χ3v) is 7.60. The van der Waals surface area contributed by atoms with Crippen LogP contribution in [0.3, 0.4) is 0 Å². The van der Waals surface area contributed by atoms with Crippen LogP contribution in [-0.2, 0) is 16.3 Å². The van der Waals surface area contributed by atoms with Gasteiger partial charge in [-0.05, 0) is 69.2 Å². The van der Waals surface area contributed by atoms with E-state index in [1.165, 1.54) is 24.0 Å². The molecule has 1 aliphatic carbocycles. The van der Waals surface area contributed by atoms with Gasteiger partial charge in [-0.3, -0.25) is 14.8 Å². The molecule has 2 heterocycles. The molecule has 1 aromatic carbocycles. The molecule has 9 heteroatoms. The number of amides is 2. The summed E-state index contributed by atoms with van der Waals surface area (Å²) < 4.78 is 4.85. The molecule has 2 aromatic heterocycles. The lowest BCUT2D eigenvalue weighted by atomic mass is 9.82. The highest BCUT2D eigenvalue weighted by Gasteiger charge is 2.32. The van der Waals surface area contributed by atoms with Gasteiger partial charge in [0.1, 0.15) is 12.9 Å². The highest BCUT2D eigenvalue weighted by molar-refractivity contribution is 7.16. The van der Waals surface area contributed by atoms with Crippen LogP contribution < -0.4 is 10.2 Å². The maximum Gasteiger partial charge on any atom is 0.277 e. The van der Waals surface area contributed by atoms with Crippen molar-refractivity contribution >= 4 is 34.5 Å². The summed E-state index contributed by atoms with van der Waals surface area (Å²) in [6.45, 7) is 6.27. The number of hydrogen-bond donors (Lipinski definition) is 2. The van der Waals surface area contributed by atoms with Crippen molar-refractivity contribution in [3.63, 3.8) is 0 Å². The SMILES string of the molecule is CC1CCC(C(=O)N(c2cc(-c3ccc(NC(=O)c4cocn4)cc3)sc2COO)C(C)C)CC1. The average Bonchev–Trinajstić information content (AvgIpc) is 3.51. The second-order valence-electron chi connectivity index (χ2n) is 9.36. The van der Waals surface area contributed by atoms with Crippen LogP contribution in [0.4, 0.5) is 11.4 Å². The summed E-state index contributed by atoms with van der Waals surface area (Å²) in [5.41, 5.74) is 2.54. The van der Waals surface area contributed by atoms with Crippen LogP contribution in [0, 0.1) is 11.8 Å². The molecule has 0 bridgehead atoms. The van der Waals surface area contributed by atoms with Gasteiger partial charge in [-0.15, -0.1) is 11.3 Å². The molecule has 0 atom stereocenters. The van der Waals surface area contributed by atoms with Gasteiger partial charge in [0.05, 0.1) is 10.6 Å². The maximum atomic E-state index is 13.6. The van der Waals surface area contributed by atoms with E-state index >= 15 is 0 Å². The molecule has 0 unspecified atom stereocenters. The standard InChI is InChI=1S/C26H31N3O5S/c1-16(2)29(26(31)19-6-4-17(3)5-7-19)22-12-23(35-24(22)14-34-32)18-8-10-20(11-9-18)28-25(30)21-13-33-15-27-21/h8-13,15-17,19,32H,4-7,14H2,1-3H3,(H,28,30). The van der Waals surface area contributed by atoms with Crippen LogP contribution in [0.15, 0.2) is 47.4 Å². The molecular weight excluding hydrogens is 466 g/mol. The first-order chi connectivity index (χ1) is 16.9. The number of thiophene rings is 1. The molecule has 1 aliphatic rings. The zero-order chi connectivity index (χ0) is 24.9. The first kappa shape index (κ1) is 25.1. The van der Waals surface area contributed by atoms with Gasteiger partial charge in [-0.2, -0.15) is 0 Å². The van der Waals surface area contributed by atoms with Crippen molar-refractivity contribution in [1.82, 2.24) is 4.98 Å². The smallest absolute Gasteiger partial charge is 0.277 e. The third-order valence-electron chi connectivity index (χ3n) is 6.45. The third kappa shape index (κ3) is 5.80. The molecule has 0 spiro atoms. The van der Waals surface area contributed by atoms with E-state index in [1.807, 2.05) is 49.1 Å². The van der Waals surface area contributed by atoms with Gasteiger partial charge in [0, 0.05) is 22.5 Å². The maximum absolute atomic E-state index is 13.6. The monoisotopic (exact) mass is 497 g/mol. The van der Waals surface area contributed by atoms with Gasteiger partial charge >= 0.3 is 0 Å². The average molecular weight is 498 g/mol. The minimum Gasteiger partial charge on any atom is -0.451 e. The minimum atomic E-state index is -0.351. The highest BCUT2D eigenvalue weighted by Crippen LogP contribution is 2.40. The lowest BCUT2D eigenvalue weighted by Crippen LogP contribution is -2.42. The van der Waals surface area contributed by atoms with Crippen LogP contribution >= 0.6 is 11.3 Å². The highest BCUT2D eigenvalue weighted by atomic mass is 32.1. The van der Waals surface area contributed by atoms with Crippen molar-refractivity contribution in [2.75, 3.05) is 10.2 Å². The molecule has 3 aromatic rings. The zero-order valence-corrected chi connectivity index (χ0v) is 21.0. The molecule has 4 rings (SSSR count). The van der Waals surface area contributed by atoms with Crippen molar-refractivity contribution in [1.29, 1.82) is 0 Å². The van der Waals surface area contributed by atoms with Crippen molar-refractivity contribution in [3.8, 4) is 10.4 Å². The summed E-state index contributed by atoms with van der Waals surface area (Å²) in [5.74, 6) is 0.477. The van der Waals surface area contributed by atoms with Crippen LogP contribution in [-0.4, -0.2) is 28.1 Å². The molecule has 35 heavy (non-hydrogen) atoms. The number of nitrogens with one attached hydrogen (secondary N) is 1. The number of oxazole rings is 1. The first-order valence-electron chi connectivity index (χ1n) is 11.9. The van der Waals surface area contributed by atoms with E-state index in [9.17, 15) is 14.8 Å². The number of anilines is 2. The zero-order valence-electron chi connectivity index (χ0n) is 20.2. The predicted octanol–water partition coefficient (Wildman–Crippen LogP) is 6.21. The first-order valence-corrected chi connectivity index (χ1v) is 12.7. The number of carbonyl (C=O) groups is 2. The van der Waals surface area contributed by atoms with Crippen LogP contribution in [0.1, 0.15) is 61.8 Å². The normalized spacial score (nSPS) is 18.0. The number of benzene rings is 1. The summed E-state index contributed by atoms with van der Waals surface area (Å²) in [7, 11) is 0. The molecule has 1 saturated carbocycles. The predicted molar refractivity (Wildman–Crippen MR) is 135 cm³/mol. The van der Waals surface area contributed by atoms with Crippen molar-refractivity contribution in [3.05, 3.63) is 53.6 Å². The fraction of sp³-hybridized carbons (Fsp3) is 0.423. The fourth-order valence-electron chi connectivity index (χ4n) is 4.52. The topological polar surface area (TPSA) is 105 Å². The van der Waals surface area contributed by atoms with E-state index in [2.05, 4.69) is 22.1 Å². The van der Waals surface area contributed by atoms with Crippen molar-refractivity contribution < 1.29 is 24.2 Å². The number of carbonyl (C=O) groups excluding carboxylic acids is 2. The van der Waals surface area contributed by atoms with E-state index in [-0.39, 0.29) is 36.1 Å². The number of rotatable bonds is 8. The summed E-state index contributed by atoms with van der Waals surface area (Å²) in [5, 5.41) is 12.0. The van der Waals surface area contributed by atoms with E-state index < -0.39 is 0 Å². The quantitative estimate of drug-likeness (QED) is 0.283. The number of aromatic nitrogens is 1. The summed E-state index contributed by atoms with van der Waals surface area (Å²) >= 11 is 1.48. The molecular formula is C26H31N3O5S. The van der Waals surface area contributed by atoms with E-state index in [0.717, 1.165) is 46.7 Å². The van der Waals surface area contributed by atoms with E-state index in [1.54, 1.807) is 0 Å². The molecule has 0 saturated heterocycles. The number of nitrogens with zero attached hydrogens (tertiary/aromatic N) is 2. The summed E-state index contributed by atoms with van der Waals surface area (Å²) in [4.78, 5) is 37.7. The summed E-state index contributed by atoms with van der Waals surface area (Å²) in [6.07, 6.45) is 6.46. The van der Waals surface area contributed by atoms with Gasteiger partial charge in [0.25, 0.3) is 5.91 Å². The molecule has 8 nitrogen and oxygen atoms in total. The van der Waals surface area contributed by atoms with Crippen molar-refractivity contribution in [2.45, 2.75) is 59.1 Å². The van der Waals surface area contributed by atoms with Gasteiger partial charge in [0.15, 0.2) is 12.1 Å². The molecule has 2 N–H and O–H groups in total. The number of hydrogen-bond acceptors (Lipinski definition) is 7. The Bertz CT molecular complexity index is 1130. The second-order valence-corrected chi connectivity index (χ2v) is 10.5. The van der Waals surface area contributed by atoms with Gasteiger partial charge < -0.3 is 14.6 Å². The Kier molecular flexibility index (Phi) is 8.00. The molecule has 0 aliphatic heterocycles. The Morgan fingerprint density at radius 3 is 2.54 bits per heavy atom.